The molecule has 0 saturated carbocycles. The number of hydrogen-bond donors (Lipinski definition) is 1. The molecule has 82 valence electrons. The van der Waals surface area contributed by atoms with Gasteiger partial charge in [-0.2, -0.15) is 0 Å². The van der Waals surface area contributed by atoms with Gasteiger partial charge < -0.3 is 10.5 Å². The molecule has 2 rings (SSSR count). The average molecular weight is 284 g/mol. The minimum absolute atomic E-state index is 0.284. The van der Waals surface area contributed by atoms with Crippen LogP contribution in [0.25, 0.3) is 0 Å². The Balaban J connectivity index is 2.27. The van der Waals surface area contributed by atoms with Gasteiger partial charge in [0.1, 0.15) is 28.2 Å². The first kappa shape index (κ1) is 10.8. The second-order valence-electron chi connectivity index (χ2n) is 2.93. The van der Waals surface area contributed by atoms with Gasteiger partial charge in [0.2, 0.25) is 5.88 Å². The van der Waals surface area contributed by atoms with Crippen LogP contribution in [0.5, 0.6) is 11.6 Å². The van der Waals surface area contributed by atoms with E-state index in [0.717, 1.165) is 0 Å². The zero-order valence-corrected chi connectivity index (χ0v) is 9.61. The molecule has 0 bridgehead atoms. The summed E-state index contributed by atoms with van der Waals surface area (Å²) >= 11 is 3.20. The summed E-state index contributed by atoms with van der Waals surface area (Å²) in [5.41, 5.74) is 5.56. The van der Waals surface area contributed by atoms with Crippen molar-refractivity contribution in [3.8, 4) is 11.6 Å². The van der Waals surface area contributed by atoms with Gasteiger partial charge in [-0.25, -0.2) is 14.4 Å². The molecule has 16 heavy (non-hydrogen) atoms. The molecule has 0 unspecified atom stereocenters. The van der Waals surface area contributed by atoms with Crippen LogP contribution in [0.4, 0.5) is 10.2 Å². The quantitative estimate of drug-likeness (QED) is 0.921. The summed E-state index contributed by atoms with van der Waals surface area (Å²) in [4.78, 5) is 7.68. The first-order valence-electron chi connectivity index (χ1n) is 4.36. The summed E-state index contributed by atoms with van der Waals surface area (Å²) in [6.45, 7) is 0. The molecular weight excluding hydrogens is 277 g/mol. The van der Waals surface area contributed by atoms with Gasteiger partial charge in [-0.15, -0.1) is 0 Å². The molecule has 0 saturated heterocycles. The highest BCUT2D eigenvalue weighted by molar-refractivity contribution is 9.10. The number of halogens is 2. The minimum Gasteiger partial charge on any atom is -0.438 e. The van der Waals surface area contributed by atoms with Crippen molar-refractivity contribution in [3.05, 3.63) is 40.9 Å². The molecule has 6 heteroatoms. The first-order chi connectivity index (χ1) is 7.66. The van der Waals surface area contributed by atoms with Crippen LogP contribution < -0.4 is 10.5 Å². The molecule has 0 aliphatic heterocycles. The van der Waals surface area contributed by atoms with Crippen molar-refractivity contribution in [2.75, 3.05) is 5.73 Å². The van der Waals surface area contributed by atoms with Gasteiger partial charge in [0.05, 0.1) is 0 Å². The Morgan fingerprint density at radius 2 is 1.88 bits per heavy atom. The van der Waals surface area contributed by atoms with Crippen molar-refractivity contribution in [3.63, 3.8) is 0 Å². The molecule has 1 heterocycles. The van der Waals surface area contributed by atoms with E-state index in [1.165, 1.54) is 30.6 Å². The van der Waals surface area contributed by atoms with Crippen molar-refractivity contribution in [2.24, 2.45) is 0 Å². The van der Waals surface area contributed by atoms with E-state index in [1.54, 1.807) is 0 Å². The third kappa shape index (κ3) is 2.27. The minimum atomic E-state index is -0.325. The Morgan fingerprint density at radius 1 is 1.19 bits per heavy atom. The lowest BCUT2D eigenvalue weighted by molar-refractivity contribution is 0.457. The van der Waals surface area contributed by atoms with E-state index < -0.39 is 0 Å². The van der Waals surface area contributed by atoms with E-state index in [-0.39, 0.29) is 11.6 Å². The molecule has 0 atom stereocenters. The Labute approximate surface area is 99.4 Å². The Bertz CT molecular complexity index is 504. The summed E-state index contributed by atoms with van der Waals surface area (Å²) in [6.07, 6.45) is 1.29. The number of ether oxygens (including phenoxy) is 1. The molecule has 0 spiro atoms. The Morgan fingerprint density at radius 3 is 2.56 bits per heavy atom. The largest absolute Gasteiger partial charge is 0.438 e. The maximum atomic E-state index is 12.7. The van der Waals surface area contributed by atoms with Crippen LogP contribution >= 0.6 is 15.9 Å². The fourth-order valence-electron chi connectivity index (χ4n) is 1.05. The highest BCUT2D eigenvalue weighted by atomic mass is 79.9. The van der Waals surface area contributed by atoms with Crippen LogP contribution in [-0.4, -0.2) is 9.97 Å². The molecule has 0 amide bonds. The predicted octanol–water partition coefficient (Wildman–Crippen LogP) is 2.75. The first-order valence-corrected chi connectivity index (χ1v) is 5.15. The smallest absolute Gasteiger partial charge is 0.238 e. The number of aromatic nitrogens is 2. The Kier molecular flexibility index (Phi) is 3.00. The molecule has 0 radical (unpaired) electrons. The average Bonchev–Trinajstić information content (AvgIpc) is 2.28. The van der Waals surface area contributed by atoms with Gasteiger partial charge in [0, 0.05) is 0 Å². The molecule has 2 N–H and O–H groups in total. The lowest BCUT2D eigenvalue weighted by Gasteiger charge is -2.06. The SMILES string of the molecule is Nc1ncnc(Oc2ccc(F)cc2)c1Br. The van der Waals surface area contributed by atoms with Crippen LogP contribution in [0, 0.1) is 5.82 Å². The summed E-state index contributed by atoms with van der Waals surface area (Å²) in [7, 11) is 0. The monoisotopic (exact) mass is 283 g/mol. The van der Waals surface area contributed by atoms with Gasteiger partial charge in [0.15, 0.2) is 0 Å². The third-order valence-electron chi connectivity index (χ3n) is 1.81. The number of nitrogen functional groups attached to an aromatic ring is 1. The fraction of sp³-hybridized carbons (Fsp3) is 0. The topological polar surface area (TPSA) is 61.0 Å². The van der Waals surface area contributed by atoms with E-state index in [2.05, 4.69) is 25.9 Å². The standard InChI is InChI=1S/C10H7BrFN3O/c11-8-9(13)14-5-15-10(8)16-7-3-1-6(12)2-4-7/h1-5H,(H2,13,14,15). The van der Waals surface area contributed by atoms with Crippen LogP contribution in [0.3, 0.4) is 0 Å². The number of nitrogens with zero attached hydrogens (tertiary/aromatic N) is 2. The van der Waals surface area contributed by atoms with Crippen molar-refractivity contribution < 1.29 is 9.13 Å². The van der Waals surface area contributed by atoms with Crippen molar-refractivity contribution in [1.82, 2.24) is 9.97 Å². The highest BCUT2D eigenvalue weighted by Gasteiger charge is 2.08. The van der Waals surface area contributed by atoms with E-state index in [1.807, 2.05) is 0 Å². The van der Waals surface area contributed by atoms with E-state index in [0.29, 0.717) is 16.1 Å². The summed E-state index contributed by atoms with van der Waals surface area (Å²) in [5, 5.41) is 0. The predicted molar refractivity (Wildman–Crippen MR) is 60.6 cm³/mol. The fourth-order valence-corrected chi connectivity index (χ4v) is 1.34. The maximum absolute atomic E-state index is 12.7. The number of nitrogens with two attached hydrogens (primary N) is 1. The van der Waals surface area contributed by atoms with Gasteiger partial charge >= 0.3 is 0 Å². The number of rotatable bonds is 2. The van der Waals surface area contributed by atoms with Gasteiger partial charge in [-0.3, -0.25) is 0 Å². The zero-order valence-electron chi connectivity index (χ0n) is 8.02. The Hall–Kier alpha value is -1.69. The van der Waals surface area contributed by atoms with E-state index >= 15 is 0 Å². The summed E-state index contributed by atoms with van der Waals surface area (Å²) in [5.74, 6) is 0.722. The molecule has 1 aromatic heterocycles. The number of hydrogen-bond acceptors (Lipinski definition) is 4. The van der Waals surface area contributed by atoms with Gasteiger partial charge in [-0.1, -0.05) is 0 Å². The molecule has 0 aliphatic rings. The third-order valence-corrected chi connectivity index (χ3v) is 2.56. The molecule has 1 aromatic carbocycles. The molecule has 4 nitrogen and oxygen atoms in total. The van der Waals surface area contributed by atoms with Crippen LogP contribution in [0.2, 0.25) is 0 Å². The van der Waals surface area contributed by atoms with Crippen molar-refractivity contribution in [2.45, 2.75) is 0 Å². The molecule has 2 aromatic rings. The summed E-state index contributed by atoms with van der Waals surface area (Å²) < 4.78 is 18.5. The molecule has 0 aliphatic carbocycles. The maximum Gasteiger partial charge on any atom is 0.238 e. The van der Waals surface area contributed by atoms with Crippen LogP contribution in [0.15, 0.2) is 35.1 Å². The number of benzene rings is 1. The van der Waals surface area contributed by atoms with Crippen molar-refractivity contribution in [1.29, 1.82) is 0 Å². The van der Waals surface area contributed by atoms with E-state index in [9.17, 15) is 4.39 Å². The van der Waals surface area contributed by atoms with Crippen molar-refractivity contribution >= 4 is 21.7 Å². The lowest BCUT2D eigenvalue weighted by atomic mass is 10.3. The number of anilines is 1. The lowest BCUT2D eigenvalue weighted by Crippen LogP contribution is -1.96. The van der Waals surface area contributed by atoms with Crippen LogP contribution in [-0.2, 0) is 0 Å². The second-order valence-corrected chi connectivity index (χ2v) is 3.73. The molecule has 0 fully saturated rings. The second kappa shape index (κ2) is 4.44. The van der Waals surface area contributed by atoms with Gasteiger partial charge in [0.25, 0.3) is 0 Å². The normalized spacial score (nSPS) is 10.1. The van der Waals surface area contributed by atoms with Gasteiger partial charge in [-0.05, 0) is 40.2 Å². The highest BCUT2D eigenvalue weighted by Crippen LogP contribution is 2.30. The molecular formula is C10H7BrFN3O. The van der Waals surface area contributed by atoms with Crippen LogP contribution in [0.1, 0.15) is 0 Å². The summed E-state index contributed by atoms with van der Waals surface area (Å²) in [6, 6.07) is 5.60. The zero-order chi connectivity index (χ0) is 11.5. The van der Waals surface area contributed by atoms with E-state index in [4.69, 9.17) is 10.5 Å².